The molecular weight excluding hydrogens is 476 g/mol. The molecule has 32 heavy (non-hydrogen) atoms. The summed E-state index contributed by atoms with van der Waals surface area (Å²) in [6.45, 7) is 3.68. The summed E-state index contributed by atoms with van der Waals surface area (Å²) in [5.41, 5.74) is 3.51. The first kappa shape index (κ1) is 22.3. The summed E-state index contributed by atoms with van der Waals surface area (Å²) < 4.78 is 15.8. The SMILES string of the molecule is Cc1nn(Cc2c(F)cccc2Cl)c(C)c1NC(=O)c1cc(-c2ccc(Cl)cc2Cl)n[nH]1. The minimum Gasteiger partial charge on any atom is -0.318 e. The van der Waals surface area contributed by atoms with Gasteiger partial charge in [-0.2, -0.15) is 10.2 Å². The van der Waals surface area contributed by atoms with E-state index in [0.717, 1.165) is 0 Å². The molecule has 0 radical (unpaired) electrons. The van der Waals surface area contributed by atoms with Crippen molar-refractivity contribution in [3.8, 4) is 11.3 Å². The van der Waals surface area contributed by atoms with E-state index in [2.05, 4.69) is 20.6 Å². The van der Waals surface area contributed by atoms with E-state index in [1.165, 1.54) is 6.07 Å². The van der Waals surface area contributed by atoms with Crippen LogP contribution in [0.2, 0.25) is 15.1 Å². The molecule has 4 aromatic rings. The zero-order chi connectivity index (χ0) is 23.0. The Kier molecular flexibility index (Phi) is 6.24. The van der Waals surface area contributed by atoms with Crippen molar-refractivity contribution in [2.45, 2.75) is 20.4 Å². The maximum absolute atomic E-state index is 14.2. The summed E-state index contributed by atoms with van der Waals surface area (Å²) in [4.78, 5) is 12.8. The van der Waals surface area contributed by atoms with E-state index in [-0.39, 0.29) is 12.2 Å². The summed E-state index contributed by atoms with van der Waals surface area (Å²) in [5, 5.41) is 15.4. The number of nitrogens with zero attached hydrogens (tertiary/aromatic N) is 3. The lowest BCUT2D eigenvalue weighted by Gasteiger charge is -2.09. The third-order valence-corrected chi connectivity index (χ3v) is 5.92. The van der Waals surface area contributed by atoms with Gasteiger partial charge in [0.2, 0.25) is 0 Å². The molecule has 164 valence electrons. The Hall–Kier alpha value is -2.87. The largest absolute Gasteiger partial charge is 0.318 e. The third kappa shape index (κ3) is 4.37. The lowest BCUT2D eigenvalue weighted by atomic mass is 10.1. The molecule has 0 unspecified atom stereocenters. The van der Waals surface area contributed by atoms with E-state index < -0.39 is 11.7 Å². The molecule has 0 fully saturated rings. The number of hydrogen-bond acceptors (Lipinski definition) is 3. The number of aromatic amines is 1. The van der Waals surface area contributed by atoms with Crippen LogP contribution in [0.3, 0.4) is 0 Å². The molecule has 0 aliphatic carbocycles. The van der Waals surface area contributed by atoms with Crippen LogP contribution in [0.1, 0.15) is 27.4 Å². The summed E-state index contributed by atoms with van der Waals surface area (Å²) in [6.07, 6.45) is 0. The molecule has 0 spiro atoms. The van der Waals surface area contributed by atoms with Crippen LogP contribution in [0.15, 0.2) is 42.5 Å². The summed E-state index contributed by atoms with van der Waals surface area (Å²) in [6, 6.07) is 11.1. The zero-order valence-corrected chi connectivity index (χ0v) is 19.3. The van der Waals surface area contributed by atoms with Crippen LogP contribution in [0.5, 0.6) is 0 Å². The fraction of sp³-hybridized carbons (Fsp3) is 0.136. The molecule has 0 aliphatic heterocycles. The smallest absolute Gasteiger partial charge is 0.273 e. The normalized spacial score (nSPS) is 11.1. The van der Waals surface area contributed by atoms with Gasteiger partial charge in [0.25, 0.3) is 5.91 Å². The van der Waals surface area contributed by atoms with E-state index >= 15 is 0 Å². The maximum atomic E-state index is 14.2. The third-order valence-electron chi connectivity index (χ3n) is 5.02. The van der Waals surface area contributed by atoms with Gasteiger partial charge >= 0.3 is 0 Å². The Morgan fingerprint density at radius 2 is 1.91 bits per heavy atom. The van der Waals surface area contributed by atoms with E-state index in [9.17, 15) is 9.18 Å². The highest BCUT2D eigenvalue weighted by molar-refractivity contribution is 6.36. The van der Waals surface area contributed by atoms with Crippen LogP contribution < -0.4 is 5.32 Å². The van der Waals surface area contributed by atoms with E-state index in [1.807, 2.05) is 0 Å². The number of carbonyl (C=O) groups is 1. The number of halogens is 4. The van der Waals surface area contributed by atoms with Gasteiger partial charge in [-0.3, -0.25) is 14.6 Å². The van der Waals surface area contributed by atoms with Crippen molar-refractivity contribution in [2.75, 3.05) is 5.32 Å². The second-order valence-corrected chi connectivity index (χ2v) is 8.40. The van der Waals surface area contributed by atoms with E-state index in [1.54, 1.807) is 54.9 Å². The van der Waals surface area contributed by atoms with Gasteiger partial charge in [0.05, 0.1) is 34.3 Å². The average Bonchev–Trinajstić information content (AvgIpc) is 3.32. The molecule has 2 aromatic heterocycles. The Bertz CT molecular complexity index is 1310. The van der Waals surface area contributed by atoms with Crippen LogP contribution in [0.25, 0.3) is 11.3 Å². The predicted molar refractivity (Wildman–Crippen MR) is 124 cm³/mol. The molecule has 4 rings (SSSR count). The van der Waals surface area contributed by atoms with Gasteiger partial charge in [0.15, 0.2) is 0 Å². The fourth-order valence-corrected chi connectivity index (χ4v) is 4.05. The summed E-state index contributed by atoms with van der Waals surface area (Å²) in [5.74, 6) is -0.815. The molecule has 0 aliphatic rings. The Morgan fingerprint density at radius 3 is 2.62 bits per heavy atom. The van der Waals surface area contributed by atoms with E-state index in [4.69, 9.17) is 34.8 Å². The molecular formula is C22H17Cl3FN5O. The van der Waals surface area contributed by atoms with Gasteiger partial charge < -0.3 is 5.32 Å². The van der Waals surface area contributed by atoms with Crippen molar-refractivity contribution in [3.05, 3.63) is 86.0 Å². The van der Waals surface area contributed by atoms with Gasteiger partial charge in [-0.25, -0.2) is 4.39 Å². The number of rotatable bonds is 5. The van der Waals surface area contributed by atoms with Crippen LogP contribution >= 0.6 is 34.8 Å². The number of hydrogen-bond donors (Lipinski definition) is 2. The van der Waals surface area contributed by atoms with Gasteiger partial charge in [-0.1, -0.05) is 40.9 Å². The average molecular weight is 493 g/mol. The van der Waals surface area contributed by atoms with Crippen LogP contribution in [0, 0.1) is 19.7 Å². The number of H-pyrrole nitrogens is 1. The number of aromatic nitrogens is 4. The number of amides is 1. The topological polar surface area (TPSA) is 75.6 Å². The molecule has 0 saturated carbocycles. The molecule has 1 amide bonds. The number of benzene rings is 2. The number of nitrogens with one attached hydrogen (secondary N) is 2. The first-order valence-corrected chi connectivity index (χ1v) is 10.7. The number of anilines is 1. The molecule has 2 heterocycles. The molecule has 2 N–H and O–H groups in total. The Morgan fingerprint density at radius 1 is 1.12 bits per heavy atom. The van der Waals surface area contributed by atoms with Crippen molar-refractivity contribution in [1.82, 2.24) is 20.0 Å². The van der Waals surface area contributed by atoms with Crippen LogP contribution in [-0.4, -0.2) is 25.9 Å². The second-order valence-electron chi connectivity index (χ2n) is 7.15. The van der Waals surface area contributed by atoms with Crippen LogP contribution in [0.4, 0.5) is 10.1 Å². The van der Waals surface area contributed by atoms with Crippen molar-refractivity contribution < 1.29 is 9.18 Å². The highest BCUT2D eigenvalue weighted by atomic mass is 35.5. The predicted octanol–water partition coefficient (Wildman–Crippen LogP) is 6.29. The lowest BCUT2D eigenvalue weighted by Crippen LogP contribution is -2.14. The monoisotopic (exact) mass is 491 g/mol. The first-order valence-electron chi connectivity index (χ1n) is 9.53. The standard InChI is InChI=1S/C22H17Cl3FN5O/c1-11-21(12(2)31(30-11)10-15-16(24)4-3-5-18(15)26)27-22(32)20-9-19(28-29-20)14-7-6-13(23)8-17(14)25/h3-9H,10H2,1-2H3,(H,27,32)(H,28,29). The van der Waals surface area contributed by atoms with Gasteiger partial charge in [-0.15, -0.1) is 0 Å². The zero-order valence-electron chi connectivity index (χ0n) is 17.0. The highest BCUT2D eigenvalue weighted by Crippen LogP contribution is 2.30. The van der Waals surface area contributed by atoms with Crippen molar-refractivity contribution >= 4 is 46.4 Å². The Labute approximate surface area is 198 Å². The number of aryl methyl sites for hydroxylation is 1. The Balaban J connectivity index is 1.56. The molecule has 10 heteroatoms. The minimum atomic E-state index is -0.415. The first-order chi connectivity index (χ1) is 15.2. The molecule has 6 nitrogen and oxygen atoms in total. The lowest BCUT2D eigenvalue weighted by molar-refractivity contribution is 0.102. The molecule has 0 atom stereocenters. The molecule has 0 saturated heterocycles. The van der Waals surface area contributed by atoms with Crippen molar-refractivity contribution in [2.24, 2.45) is 0 Å². The minimum absolute atomic E-state index is 0.136. The van der Waals surface area contributed by atoms with Crippen LogP contribution in [-0.2, 0) is 6.54 Å². The van der Waals surface area contributed by atoms with E-state index in [0.29, 0.717) is 49.0 Å². The van der Waals surface area contributed by atoms with Gasteiger partial charge in [0, 0.05) is 21.2 Å². The number of carbonyl (C=O) groups excluding carboxylic acids is 1. The summed E-state index contributed by atoms with van der Waals surface area (Å²) in [7, 11) is 0. The maximum Gasteiger partial charge on any atom is 0.273 e. The van der Waals surface area contributed by atoms with Gasteiger partial charge in [0.1, 0.15) is 11.5 Å². The summed E-state index contributed by atoms with van der Waals surface area (Å²) >= 11 is 18.3. The second kappa shape index (κ2) is 8.94. The van der Waals surface area contributed by atoms with Gasteiger partial charge in [-0.05, 0) is 50.2 Å². The molecule has 2 aromatic carbocycles. The molecule has 0 bridgehead atoms. The fourth-order valence-electron chi connectivity index (χ4n) is 3.32. The highest BCUT2D eigenvalue weighted by Gasteiger charge is 2.19. The van der Waals surface area contributed by atoms with Crippen molar-refractivity contribution in [1.29, 1.82) is 0 Å². The quantitative estimate of drug-likeness (QED) is 0.344. The van der Waals surface area contributed by atoms with Crippen molar-refractivity contribution in [3.63, 3.8) is 0 Å².